The number of benzene rings is 1. The van der Waals surface area contributed by atoms with Crippen molar-refractivity contribution in [3.8, 4) is 11.8 Å². The van der Waals surface area contributed by atoms with Crippen LogP contribution in [0.3, 0.4) is 0 Å². The SMILES string of the molecule is CCCN(C)C(C#N)c1ccccc1OCC. The van der Waals surface area contributed by atoms with Crippen LogP contribution in [0.25, 0.3) is 0 Å². The van der Waals surface area contributed by atoms with Gasteiger partial charge < -0.3 is 4.74 Å². The summed E-state index contributed by atoms with van der Waals surface area (Å²) in [5.41, 5.74) is 0.952. The van der Waals surface area contributed by atoms with Crippen molar-refractivity contribution in [2.45, 2.75) is 26.3 Å². The van der Waals surface area contributed by atoms with Crippen molar-refractivity contribution >= 4 is 0 Å². The van der Waals surface area contributed by atoms with Crippen LogP contribution in [-0.4, -0.2) is 25.1 Å². The molecule has 0 aliphatic heterocycles. The summed E-state index contributed by atoms with van der Waals surface area (Å²) in [6, 6.07) is 9.87. The second kappa shape index (κ2) is 6.93. The molecule has 0 spiro atoms. The van der Waals surface area contributed by atoms with Crippen LogP contribution in [0.5, 0.6) is 5.75 Å². The Kier molecular flexibility index (Phi) is 5.51. The highest BCUT2D eigenvalue weighted by atomic mass is 16.5. The molecule has 3 nitrogen and oxygen atoms in total. The van der Waals surface area contributed by atoms with Crippen LogP contribution in [0, 0.1) is 11.3 Å². The molecule has 3 heteroatoms. The Morgan fingerprint density at radius 3 is 2.65 bits per heavy atom. The molecular weight excluding hydrogens is 212 g/mol. The van der Waals surface area contributed by atoms with E-state index in [1.165, 1.54) is 0 Å². The van der Waals surface area contributed by atoms with Gasteiger partial charge >= 0.3 is 0 Å². The maximum atomic E-state index is 9.32. The van der Waals surface area contributed by atoms with E-state index >= 15 is 0 Å². The van der Waals surface area contributed by atoms with E-state index in [9.17, 15) is 5.26 Å². The van der Waals surface area contributed by atoms with Gasteiger partial charge in [0.05, 0.1) is 12.7 Å². The third kappa shape index (κ3) is 3.47. The molecule has 0 bridgehead atoms. The largest absolute Gasteiger partial charge is 0.493 e. The van der Waals surface area contributed by atoms with Crippen molar-refractivity contribution in [2.75, 3.05) is 20.2 Å². The zero-order valence-electron chi connectivity index (χ0n) is 10.8. The van der Waals surface area contributed by atoms with Crippen molar-refractivity contribution in [2.24, 2.45) is 0 Å². The Bertz CT molecular complexity index is 384. The fourth-order valence-electron chi connectivity index (χ4n) is 1.88. The molecule has 0 saturated heterocycles. The summed E-state index contributed by atoms with van der Waals surface area (Å²) in [6.07, 6.45) is 1.03. The highest BCUT2D eigenvalue weighted by Gasteiger charge is 2.19. The topological polar surface area (TPSA) is 36.3 Å². The van der Waals surface area contributed by atoms with Gasteiger partial charge in [0.25, 0.3) is 0 Å². The van der Waals surface area contributed by atoms with Gasteiger partial charge in [-0.1, -0.05) is 25.1 Å². The van der Waals surface area contributed by atoms with Crippen LogP contribution < -0.4 is 4.74 Å². The van der Waals surface area contributed by atoms with E-state index in [1.807, 2.05) is 38.2 Å². The first-order valence-corrected chi connectivity index (χ1v) is 6.06. The summed E-state index contributed by atoms with van der Waals surface area (Å²) in [6.45, 7) is 5.58. The van der Waals surface area contributed by atoms with Crippen LogP contribution in [0.4, 0.5) is 0 Å². The molecule has 1 aromatic carbocycles. The molecule has 0 aliphatic carbocycles. The summed E-state index contributed by atoms with van der Waals surface area (Å²) in [5, 5.41) is 9.32. The molecule has 92 valence electrons. The van der Waals surface area contributed by atoms with Gasteiger partial charge in [-0.15, -0.1) is 0 Å². The summed E-state index contributed by atoms with van der Waals surface area (Å²) >= 11 is 0. The summed E-state index contributed by atoms with van der Waals surface area (Å²) < 4.78 is 5.57. The number of hydrogen-bond acceptors (Lipinski definition) is 3. The molecule has 1 unspecified atom stereocenters. The molecule has 0 N–H and O–H groups in total. The zero-order chi connectivity index (χ0) is 12.7. The molecule has 0 aromatic heterocycles. The van der Waals surface area contributed by atoms with Crippen molar-refractivity contribution < 1.29 is 4.74 Å². The molecule has 0 saturated carbocycles. The quantitative estimate of drug-likeness (QED) is 0.756. The second-order valence-corrected chi connectivity index (χ2v) is 3.98. The van der Waals surface area contributed by atoms with E-state index in [0.29, 0.717) is 6.61 Å². The van der Waals surface area contributed by atoms with Gasteiger partial charge in [-0.25, -0.2) is 0 Å². The molecule has 1 atom stereocenters. The summed E-state index contributed by atoms with van der Waals surface area (Å²) in [5.74, 6) is 0.810. The normalized spacial score (nSPS) is 12.2. The molecule has 0 radical (unpaired) electrons. The van der Waals surface area contributed by atoms with E-state index in [2.05, 4.69) is 17.9 Å². The van der Waals surface area contributed by atoms with E-state index in [-0.39, 0.29) is 6.04 Å². The molecule has 0 heterocycles. The van der Waals surface area contributed by atoms with Crippen LogP contribution in [0.1, 0.15) is 31.9 Å². The molecule has 0 fully saturated rings. The maximum Gasteiger partial charge on any atom is 0.127 e. The van der Waals surface area contributed by atoms with Crippen LogP contribution in [0.2, 0.25) is 0 Å². The number of hydrogen-bond donors (Lipinski definition) is 0. The zero-order valence-corrected chi connectivity index (χ0v) is 10.8. The predicted molar refractivity (Wildman–Crippen MR) is 68.9 cm³/mol. The maximum absolute atomic E-state index is 9.32. The van der Waals surface area contributed by atoms with Gasteiger partial charge in [-0.2, -0.15) is 5.26 Å². The standard InChI is InChI=1S/C14H20N2O/c1-4-10-16(3)13(11-15)12-8-6-7-9-14(12)17-5-2/h6-9,13H,4-5,10H2,1-3H3. The molecular formula is C14H20N2O. The van der Waals surface area contributed by atoms with Crippen molar-refractivity contribution in [1.29, 1.82) is 5.26 Å². The number of nitrogens with zero attached hydrogens (tertiary/aromatic N) is 2. The molecule has 0 amide bonds. The third-order valence-electron chi connectivity index (χ3n) is 2.65. The first-order valence-electron chi connectivity index (χ1n) is 6.06. The lowest BCUT2D eigenvalue weighted by molar-refractivity contribution is 0.277. The molecule has 1 aromatic rings. The number of ether oxygens (including phenoxy) is 1. The molecule has 1 rings (SSSR count). The Labute approximate surface area is 104 Å². The van der Waals surface area contributed by atoms with Crippen LogP contribution in [0.15, 0.2) is 24.3 Å². The predicted octanol–water partition coefficient (Wildman–Crippen LogP) is 2.99. The second-order valence-electron chi connectivity index (χ2n) is 3.98. The summed E-state index contributed by atoms with van der Waals surface area (Å²) in [7, 11) is 1.97. The van der Waals surface area contributed by atoms with Crippen LogP contribution in [-0.2, 0) is 0 Å². The van der Waals surface area contributed by atoms with E-state index in [1.54, 1.807) is 0 Å². The highest BCUT2D eigenvalue weighted by molar-refractivity contribution is 5.38. The Hall–Kier alpha value is -1.53. The Balaban J connectivity index is 2.99. The lowest BCUT2D eigenvalue weighted by Gasteiger charge is -2.23. The van der Waals surface area contributed by atoms with Gasteiger partial charge in [0.15, 0.2) is 0 Å². The molecule has 17 heavy (non-hydrogen) atoms. The molecule has 0 aliphatic rings. The van der Waals surface area contributed by atoms with Crippen molar-refractivity contribution in [3.63, 3.8) is 0 Å². The monoisotopic (exact) mass is 232 g/mol. The average Bonchev–Trinajstić information content (AvgIpc) is 2.33. The minimum atomic E-state index is -0.238. The fourth-order valence-corrected chi connectivity index (χ4v) is 1.88. The minimum Gasteiger partial charge on any atom is -0.493 e. The fraction of sp³-hybridized carbons (Fsp3) is 0.500. The Morgan fingerprint density at radius 2 is 2.06 bits per heavy atom. The average molecular weight is 232 g/mol. The lowest BCUT2D eigenvalue weighted by atomic mass is 10.1. The first-order chi connectivity index (χ1) is 8.24. The van der Waals surface area contributed by atoms with E-state index < -0.39 is 0 Å². The smallest absolute Gasteiger partial charge is 0.127 e. The number of rotatable bonds is 6. The number of para-hydroxylation sites is 1. The van der Waals surface area contributed by atoms with Gasteiger partial charge in [0.2, 0.25) is 0 Å². The lowest BCUT2D eigenvalue weighted by Crippen LogP contribution is -2.24. The van der Waals surface area contributed by atoms with Gasteiger partial charge in [0.1, 0.15) is 11.8 Å². The summed E-state index contributed by atoms with van der Waals surface area (Å²) in [4.78, 5) is 2.05. The number of nitriles is 1. The van der Waals surface area contributed by atoms with Crippen LogP contribution >= 0.6 is 0 Å². The van der Waals surface area contributed by atoms with E-state index in [0.717, 1.165) is 24.3 Å². The van der Waals surface area contributed by atoms with Gasteiger partial charge in [0, 0.05) is 5.56 Å². The Morgan fingerprint density at radius 1 is 1.35 bits per heavy atom. The van der Waals surface area contributed by atoms with Gasteiger partial charge in [-0.3, -0.25) is 4.90 Å². The first kappa shape index (κ1) is 13.5. The van der Waals surface area contributed by atoms with E-state index in [4.69, 9.17) is 4.74 Å². The third-order valence-corrected chi connectivity index (χ3v) is 2.65. The highest BCUT2D eigenvalue weighted by Crippen LogP contribution is 2.28. The minimum absolute atomic E-state index is 0.238. The van der Waals surface area contributed by atoms with Crippen molar-refractivity contribution in [3.05, 3.63) is 29.8 Å². The van der Waals surface area contributed by atoms with Gasteiger partial charge in [-0.05, 0) is 33.0 Å². The van der Waals surface area contributed by atoms with Crippen molar-refractivity contribution in [1.82, 2.24) is 4.90 Å².